The van der Waals surface area contributed by atoms with Gasteiger partial charge in [-0.25, -0.2) is 4.79 Å². The van der Waals surface area contributed by atoms with Crippen LogP contribution < -0.4 is 5.32 Å². The Kier molecular flexibility index (Phi) is 5.55. The van der Waals surface area contributed by atoms with Crippen LogP contribution in [0.2, 0.25) is 0 Å². The van der Waals surface area contributed by atoms with Crippen molar-refractivity contribution < 1.29 is 9.59 Å². The lowest BCUT2D eigenvalue weighted by molar-refractivity contribution is -0.137. The molecule has 25 heavy (non-hydrogen) atoms. The van der Waals surface area contributed by atoms with Crippen molar-refractivity contribution in [3.05, 3.63) is 12.2 Å². The van der Waals surface area contributed by atoms with Crippen molar-refractivity contribution in [2.75, 3.05) is 19.6 Å². The van der Waals surface area contributed by atoms with Gasteiger partial charge in [0, 0.05) is 25.7 Å². The molecule has 3 amide bonds. The largest absolute Gasteiger partial charge is 0.336 e. The highest BCUT2D eigenvalue weighted by atomic mass is 16.2. The fraction of sp³-hybridized carbons (Fsp3) is 0.765. The first kappa shape index (κ1) is 17.7. The Bertz CT molecular complexity index is 610. The fourth-order valence-electron chi connectivity index (χ4n) is 3.82. The second kappa shape index (κ2) is 7.84. The Morgan fingerprint density at radius 2 is 2.12 bits per heavy atom. The molecule has 2 fully saturated rings. The van der Waals surface area contributed by atoms with Crippen molar-refractivity contribution in [1.82, 2.24) is 29.9 Å². The minimum absolute atomic E-state index is 0.0649. The molecule has 2 heterocycles. The van der Waals surface area contributed by atoms with E-state index in [1.54, 1.807) is 11.2 Å². The molecule has 1 aliphatic carbocycles. The highest BCUT2D eigenvalue weighted by Gasteiger charge is 2.33. The van der Waals surface area contributed by atoms with Crippen molar-refractivity contribution in [2.45, 2.75) is 64.6 Å². The zero-order valence-corrected chi connectivity index (χ0v) is 15.1. The number of urea groups is 1. The number of amides is 3. The third kappa shape index (κ3) is 3.93. The summed E-state index contributed by atoms with van der Waals surface area (Å²) in [6.07, 6.45) is 7.27. The first-order valence-corrected chi connectivity index (χ1v) is 9.32. The standard InChI is InChI=1S/C17H28N6O2/c1-3-8-22-12-18-20-16(22)13(2)19-17(25)21-9-10-23(15(24)11-21)14-6-4-5-7-14/h12-14H,3-11H2,1-2H3,(H,19,25). The fourth-order valence-corrected chi connectivity index (χ4v) is 3.82. The monoisotopic (exact) mass is 348 g/mol. The van der Waals surface area contributed by atoms with Gasteiger partial charge < -0.3 is 19.7 Å². The summed E-state index contributed by atoms with van der Waals surface area (Å²) in [7, 11) is 0. The van der Waals surface area contributed by atoms with Crippen LogP contribution in [0.5, 0.6) is 0 Å². The number of piperazine rings is 1. The van der Waals surface area contributed by atoms with Gasteiger partial charge in [0.1, 0.15) is 12.9 Å². The minimum atomic E-state index is -0.246. The SMILES string of the molecule is CCCn1cnnc1C(C)NC(=O)N1CCN(C2CCCC2)C(=O)C1. The molecule has 0 radical (unpaired) electrons. The van der Waals surface area contributed by atoms with Crippen molar-refractivity contribution in [2.24, 2.45) is 0 Å². The van der Waals surface area contributed by atoms with E-state index in [1.807, 2.05) is 16.4 Å². The number of aryl methyl sites for hydroxylation is 1. The van der Waals surface area contributed by atoms with Gasteiger partial charge in [-0.2, -0.15) is 0 Å². The molecule has 138 valence electrons. The normalized spacial score (nSPS) is 20.2. The molecule has 1 aromatic heterocycles. The van der Waals surface area contributed by atoms with Crippen LogP contribution in [-0.2, 0) is 11.3 Å². The molecule has 2 aliphatic rings. The van der Waals surface area contributed by atoms with Gasteiger partial charge in [0.15, 0.2) is 5.82 Å². The van der Waals surface area contributed by atoms with Crippen LogP contribution in [0.3, 0.4) is 0 Å². The molecule has 0 spiro atoms. The van der Waals surface area contributed by atoms with E-state index in [2.05, 4.69) is 22.4 Å². The second-order valence-electron chi connectivity index (χ2n) is 7.00. The molecule has 1 atom stereocenters. The number of carbonyl (C=O) groups excluding carboxylic acids is 2. The number of carbonyl (C=O) groups is 2. The molecule has 0 aromatic carbocycles. The van der Waals surface area contributed by atoms with Crippen LogP contribution in [0.15, 0.2) is 6.33 Å². The lowest BCUT2D eigenvalue weighted by atomic mass is 10.2. The molecule has 1 saturated heterocycles. The number of hydrogen-bond donors (Lipinski definition) is 1. The Balaban J connectivity index is 1.55. The molecule has 1 aliphatic heterocycles. The number of nitrogens with zero attached hydrogens (tertiary/aromatic N) is 5. The van der Waals surface area contributed by atoms with E-state index in [1.165, 1.54) is 12.8 Å². The molecule has 1 unspecified atom stereocenters. The third-order valence-electron chi connectivity index (χ3n) is 5.15. The number of hydrogen-bond acceptors (Lipinski definition) is 4. The zero-order valence-electron chi connectivity index (χ0n) is 15.1. The first-order chi connectivity index (χ1) is 12.1. The average Bonchev–Trinajstić information content (AvgIpc) is 3.26. The molecule has 8 heteroatoms. The summed E-state index contributed by atoms with van der Waals surface area (Å²) in [6, 6.07) is -0.0771. The van der Waals surface area contributed by atoms with E-state index in [-0.39, 0.29) is 24.5 Å². The summed E-state index contributed by atoms with van der Waals surface area (Å²) in [5.74, 6) is 0.807. The molecule has 1 aromatic rings. The quantitative estimate of drug-likeness (QED) is 0.875. The smallest absolute Gasteiger partial charge is 0.318 e. The lowest BCUT2D eigenvalue weighted by Crippen LogP contribution is -2.57. The van der Waals surface area contributed by atoms with Crippen LogP contribution in [0, 0.1) is 0 Å². The van der Waals surface area contributed by atoms with Gasteiger partial charge in [-0.05, 0) is 26.2 Å². The number of rotatable bonds is 5. The Morgan fingerprint density at radius 1 is 1.36 bits per heavy atom. The number of aromatic nitrogens is 3. The van der Waals surface area contributed by atoms with Crippen LogP contribution in [0.1, 0.15) is 57.8 Å². The van der Waals surface area contributed by atoms with Gasteiger partial charge in [0.2, 0.25) is 5.91 Å². The maximum Gasteiger partial charge on any atom is 0.318 e. The van der Waals surface area contributed by atoms with Gasteiger partial charge in [-0.1, -0.05) is 19.8 Å². The van der Waals surface area contributed by atoms with Gasteiger partial charge in [-0.15, -0.1) is 10.2 Å². The van der Waals surface area contributed by atoms with Gasteiger partial charge in [-0.3, -0.25) is 4.79 Å². The van der Waals surface area contributed by atoms with E-state index in [4.69, 9.17) is 0 Å². The second-order valence-corrected chi connectivity index (χ2v) is 7.00. The van der Waals surface area contributed by atoms with Gasteiger partial charge >= 0.3 is 6.03 Å². The summed E-state index contributed by atoms with van der Waals surface area (Å²) in [5, 5.41) is 11.0. The Hall–Kier alpha value is -2.12. The summed E-state index contributed by atoms with van der Waals surface area (Å²) >= 11 is 0. The highest BCUT2D eigenvalue weighted by Crippen LogP contribution is 2.25. The van der Waals surface area contributed by atoms with Crippen molar-refractivity contribution in [3.63, 3.8) is 0 Å². The molecular weight excluding hydrogens is 320 g/mol. The van der Waals surface area contributed by atoms with Gasteiger partial charge in [0.05, 0.1) is 6.04 Å². The predicted octanol–water partition coefficient (Wildman–Crippen LogP) is 1.55. The van der Waals surface area contributed by atoms with E-state index in [0.717, 1.165) is 31.6 Å². The summed E-state index contributed by atoms with van der Waals surface area (Å²) in [6.45, 7) is 6.19. The Morgan fingerprint density at radius 3 is 2.80 bits per heavy atom. The van der Waals surface area contributed by atoms with E-state index < -0.39 is 0 Å². The molecule has 1 saturated carbocycles. The molecule has 8 nitrogen and oxygen atoms in total. The lowest BCUT2D eigenvalue weighted by Gasteiger charge is -2.38. The average molecular weight is 348 g/mol. The molecule has 3 rings (SSSR count). The van der Waals surface area contributed by atoms with E-state index >= 15 is 0 Å². The zero-order chi connectivity index (χ0) is 17.8. The maximum atomic E-state index is 12.5. The highest BCUT2D eigenvalue weighted by molar-refractivity contribution is 5.85. The van der Waals surface area contributed by atoms with E-state index in [0.29, 0.717) is 19.1 Å². The van der Waals surface area contributed by atoms with Crippen molar-refractivity contribution >= 4 is 11.9 Å². The third-order valence-corrected chi connectivity index (χ3v) is 5.15. The maximum absolute atomic E-state index is 12.5. The van der Waals surface area contributed by atoms with E-state index in [9.17, 15) is 9.59 Å². The first-order valence-electron chi connectivity index (χ1n) is 9.32. The van der Waals surface area contributed by atoms with Crippen LogP contribution in [-0.4, -0.2) is 62.2 Å². The van der Waals surface area contributed by atoms with Crippen molar-refractivity contribution in [3.8, 4) is 0 Å². The van der Waals surface area contributed by atoms with Crippen LogP contribution in [0.4, 0.5) is 4.79 Å². The Labute approximate surface area is 148 Å². The van der Waals surface area contributed by atoms with Gasteiger partial charge in [0.25, 0.3) is 0 Å². The molecule has 0 bridgehead atoms. The molecular formula is C17H28N6O2. The van der Waals surface area contributed by atoms with Crippen LogP contribution >= 0.6 is 0 Å². The van der Waals surface area contributed by atoms with Crippen LogP contribution in [0.25, 0.3) is 0 Å². The minimum Gasteiger partial charge on any atom is -0.336 e. The number of nitrogens with one attached hydrogen (secondary N) is 1. The van der Waals surface area contributed by atoms with Crippen molar-refractivity contribution in [1.29, 1.82) is 0 Å². The predicted molar refractivity (Wildman–Crippen MR) is 92.8 cm³/mol. The topological polar surface area (TPSA) is 83.4 Å². The molecule has 1 N–H and O–H groups in total. The summed E-state index contributed by atoms with van der Waals surface area (Å²) in [4.78, 5) is 28.5. The summed E-state index contributed by atoms with van der Waals surface area (Å²) < 4.78 is 1.95. The summed E-state index contributed by atoms with van der Waals surface area (Å²) in [5.41, 5.74) is 0.